The molecule has 0 heterocycles. The molecular weight excluding hydrogens is 422 g/mol. The van der Waals surface area contributed by atoms with Crippen molar-refractivity contribution in [1.29, 1.82) is 0 Å². The Hall–Kier alpha value is -3.03. The predicted molar refractivity (Wildman–Crippen MR) is 127 cm³/mol. The van der Waals surface area contributed by atoms with Crippen LogP contribution in [0, 0.1) is 0 Å². The van der Waals surface area contributed by atoms with Crippen LogP contribution >= 0.6 is 0 Å². The van der Waals surface area contributed by atoms with Crippen LogP contribution in [0.2, 0.25) is 0 Å². The van der Waals surface area contributed by atoms with E-state index in [9.17, 15) is 19.5 Å². The van der Waals surface area contributed by atoms with Gasteiger partial charge in [-0.15, -0.1) is 6.58 Å². The van der Waals surface area contributed by atoms with Gasteiger partial charge in [-0.2, -0.15) is 0 Å². The van der Waals surface area contributed by atoms with Gasteiger partial charge >= 0.3 is 6.09 Å². The lowest BCUT2D eigenvalue weighted by Gasteiger charge is -2.34. The number of benzene rings is 1. The molecule has 3 N–H and O–H groups in total. The van der Waals surface area contributed by atoms with Crippen molar-refractivity contribution in [2.75, 3.05) is 6.54 Å². The lowest BCUT2D eigenvalue weighted by Crippen LogP contribution is -2.53. The number of carbonyl (C=O) groups is 3. The summed E-state index contributed by atoms with van der Waals surface area (Å²) in [6.07, 6.45) is 5.77. The van der Waals surface area contributed by atoms with Crippen LogP contribution in [-0.2, 0) is 14.3 Å². The lowest BCUT2D eigenvalue weighted by molar-refractivity contribution is -0.142. The molecule has 0 aliphatic heterocycles. The van der Waals surface area contributed by atoms with Crippen LogP contribution in [0.15, 0.2) is 36.9 Å². The highest BCUT2D eigenvalue weighted by atomic mass is 16.6. The van der Waals surface area contributed by atoms with Crippen molar-refractivity contribution < 1.29 is 24.2 Å². The Labute approximate surface area is 196 Å². The first-order valence-corrected chi connectivity index (χ1v) is 11.5. The number of aromatic hydroxyl groups is 1. The third-order valence-corrected chi connectivity index (χ3v) is 5.46. The lowest BCUT2D eigenvalue weighted by atomic mass is 9.94. The van der Waals surface area contributed by atoms with Gasteiger partial charge in [0.15, 0.2) is 0 Å². The number of carbonyl (C=O) groups excluding carboxylic acids is 3. The smallest absolute Gasteiger partial charge is 0.408 e. The van der Waals surface area contributed by atoms with Crippen LogP contribution in [0.5, 0.6) is 5.75 Å². The van der Waals surface area contributed by atoms with Crippen LogP contribution in [0.1, 0.15) is 71.4 Å². The summed E-state index contributed by atoms with van der Waals surface area (Å²) in [6, 6.07) is 4.44. The van der Waals surface area contributed by atoms with Gasteiger partial charge in [0.1, 0.15) is 23.4 Å². The Morgan fingerprint density at radius 3 is 2.42 bits per heavy atom. The molecule has 0 saturated heterocycles. The fourth-order valence-corrected chi connectivity index (χ4v) is 3.95. The summed E-state index contributed by atoms with van der Waals surface area (Å²) in [6.45, 7) is 10.5. The molecule has 1 aromatic carbocycles. The van der Waals surface area contributed by atoms with Gasteiger partial charge in [-0.3, -0.25) is 9.59 Å². The topological polar surface area (TPSA) is 108 Å². The van der Waals surface area contributed by atoms with E-state index in [0.29, 0.717) is 5.56 Å². The summed E-state index contributed by atoms with van der Waals surface area (Å²) in [5.74, 6) is -0.952. The Kier molecular flexibility index (Phi) is 9.32. The zero-order chi connectivity index (χ0) is 24.6. The highest BCUT2D eigenvalue weighted by Crippen LogP contribution is 2.30. The number of rotatable bonds is 8. The Morgan fingerprint density at radius 1 is 1.21 bits per heavy atom. The molecule has 8 heteroatoms. The van der Waals surface area contributed by atoms with E-state index in [0.717, 1.165) is 32.1 Å². The van der Waals surface area contributed by atoms with Crippen LogP contribution in [0.25, 0.3) is 0 Å². The number of phenolic OH excluding ortho intramolecular Hbond substituents is 1. The van der Waals surface area contributed by atoms with E-state index in [1.807, 2.05) is 0 Å². The molecule has 0 aromatic heterocycles. The fraction of sp³-hybridized carbons (Fsp3) is 0.560. The molecule has 1 fully saturated rings. The standard InChI is InChI=1S/C25H37N3O5/c1-6-16-28(23(31)17(2)26-24(32)33-25(3,4)5)21(19-14-10-11-15-20(19)29)22(30)27-18-12-8-7-9-13-18/h6,10-11,14-15,17-18,21,29H,1,7-9,12-13,16H2,2-5H3,(H,26,32)(H,27,30). The number of nitrogens with one attached hydrogen (secondary N) is 2. The number of hydrogen-bond acceptors (Lipinski definition) is 5. The normalized spacial score (nSPS) is 16.2. The van der Waals surface area contributed by atoms with E-state index in [1.54, 1.807) is 39.0 Å². The summed E-state index contributed by atoms with van der Waals surface area (Å²) in [5, 5.41) is 16.1. The zero-order valence-corrected chi connectivity index (χ0v) is 20.1. The number of hydrogen-bond donors (Lipinski definition) is 3. The molecule has 2 rings (SSSR count). The van der Waals surface area contributed by atoms with Gasteiger partial charge < -0.3 is 25.4 Å². The molecule has 2 unspecified atom stereocenters. The van der Waals surface area contributed by atoms with E-state index < -0.39 is 29.7 Å². The molecule has 1 aromatic rings. The molecule has 2 atom stereocenters. The molecule has 182 valence electrons. The SMILES string of the molecule is C=CCN(C(=O)C(C)NC(=O)OC(C)(C)C)C(C(=O)NC1CCCCC1)c1ccccc1O. The van der Waals surface area contributed by atoms with Crippen LogP contribution in [-0.4, -0.2) is 52.1 Å². The quantitative estimate of drug-likeness (QED) is 0.513. The second-order valence-corrected chi connectivity index (χ2v) is 9.45. The average Bonchev–Trinajstić information content (AvgIpc) is 2.73. The van der Waals surface area contributed by atoms with Gasteiger partial charge in [-0.25, -0.2) is 4.79 Å². The molecule has 0 radical (unpaired) electrons. The van der Waals surface area contributed by atoms with E-state index >= 15 is 0 Å². The monoisotopic (exact) mass is 459 g/mol. The number of nitrogens with zero attached hydrogens (tertiary/aromatic N) is 1. The Bertz CT molecular complexity index is 843. The molecule has 33 heavy (non-hydrogen) atoms. The highest BCUT2D eigenvalue weighted by molar-refractivity contribution is 5.92. The number of ether oxygens (including phenoxy) is 1. The van der Waals surface area contributed by atoms with Crippen molar-refractivity contribution in [1.82, 2.24) is 15.5 Å². The summed E-state index contributed by atoms with van der Waals surface area (Å²) >= 11 is 0. The van der Waals surface area contributed by atoms with Gasteiger partial charge in [0, 0.05) is 18.2 Å². The van der Waals surface area contributed by atoms with Crippen molar-refractivity contribution in [2.24, 2.45) is 0 Å². The van der Waals surface area contributed by atoms with Crippen molar-refractivity contribution in [3.63, 3.8) is 0 Å². The van der Waals surface area contributed by atoms with Crippen molar-refractivity contribution >= 4 is 17.9 Å². The summed E-state index contributed by atoms with van der Waals surface area (Å²) in [7, 11) is 0. The van der Waals surface area contributed by atoms with E-state index in [4.69, 9.17) is 4.74 Å². The van der Waals surface area contributed by atoms with Gasteiger partial charge in [-0.1, -0.05) is 43.5 Å². The number of amides is 3. The molecule has 1 aliphatic carbocycles. The van der Waals surface area contributed by atoms with Crippen LogP contribution < -0.4 is 10.6 Å². The first-order chi connectivity index (χ1) is 15.5. The molecule has 8 nitrogen and oxygen atoms in total. The minimum atomic E-state index is -1.08. The summed E-state index contributed by atoms with van der Waals surface area (Å²) < 4.78 is 5.25. The minimum Gasteiger partial charge on any atom is -0.508 e. The summed E-state index contributed by atoms with van der Waals surface area (Å²) in [5.41, 5.74) is -0.406. The number of para-hydroxylation sites is 1. The first-order valence-electron chi connectivity index (χ1n) is 11.5. The van der Waals surface area contributed by atoms with E-state index in [-0.39, 0.29) is 24.2 Å². The maximum atomic E-state index is 13.5. The average molecular weight is 460 g/mol. The van der Waals surface area contributed by atoms with E-state index in [1.165, 1.54) is 24.0 Å². The van der Waals surface area contributed by atoms with Crippen molar-refractivity contribution in [2.45, 2.75) is 83.5 Å². The third-order valence-electron chi connectivity index (χ3n) is 5.46. The van der Waals surface area contributed by atoms with Gasteiger partial charge in [0.25, 0.3) is 0 Å². The van der Waals surface area contributed by atoms with Gasteiger partial charge in [0.05, 0.1) is 0 Å². The summed E-state index contributed by atoms with van der Waals surface area (Å²) in [4.78, 5) is 40.4. The Balaban J connectivity index is 2.32. The fourth-order valence-electron chi connectivity index (χ4n) is 3.95. The second kappa shape index (κ2) is 11.7. The van der Waals surface area contributed by atoms with Crippen molar-refractivity contribution in [3.8, 4) is 5.75 Å². The molecule has 1 saturated carbocycles. The Morgan fingerprint density at radius 2 is 1.85 bits per heavy atom. The van der Waals surface area contributed by atoms with Crippen LogP contribution in [0.4, 0.5) is 4.79 Å². The minimum absolute atomic E-state index is 0.0256. The predicted octanol–water partition coefficient (Wildman–Crippen LogP) is 3.81. The van der Waals surface area contributed by atoms with Crippen molar-refractivity contribution in [3.05, 3.63) is 42.5 Å². The molecule has 3 amide bonds. The van der Waals surface area contributed by atoms with E-state index in [2.05, 4.69) is 17.2 Å². The molecular formula is C25H37N3O5. The zero-order valence-electron chi connectivity index (χ0n) is 20.1. The second-order valence-electron chi connectivity index (χ2n) is 9.45. The molecule has 0 spiro atoms. The van der Waals surface area contributed by atoms with Gasteiger partial charge in [0.2, 0.25) is 11.8 Å². The maximum absolute atomic E-state index is 13.5. The van der Waals surface area contributed by atoms with Crippen LogP contribution in [0.3, 0.4) is 0 Å². The maximum Gasteiger partial charge on any atom is 0.408 e. The largest absolute Gasteiger partial charge is 0.508 e. The molecule has 1 aliphatic rings. The molecule has 0 bridgehead atoms. The highest BCUT2D eigenvalue weighted by Gasteiger charge is 2.36. The number of alkyl carbamates (subject to hydrolysis) is 1. The van der Waals surface area contributed by atoms with Gasteiger partial charge in [-0.05, 0) is 46.6 Å². The first kappa shape index (κ1) is 26.2. The number of phenols is 1. The third kappa shape index (κ3) is 7.80.